The van der Waals surface area contributed by atoms with Crippen LogP contribution in [0.15, 0.2) is 59.4 Å². The molecule has 25 heavy (non-hydrogen) atoms. The highest BCUT2D eigenvalue weighted by Crippen LogP contribution is 2.07. The van der Waals surface area contributed by atoms with E-state index in [1.807, 2.05) is 6.07 Å². The minimum atomic E-state index is -0.657. The van der Waals surface area contributed by atoms with Crippen molar-refractivity contribution in [2.24, 2.45) is 0 Å². The lowest BCUT2D eigenvalue weighted by molar-refractivity contribution is -0.120. The second kappa shape index (κ2) is 6.96. The summed E-state index contributed by atoms with van der Waals surface area (Å²) >= 11 is 0. The average molecular weight is 336 g/mol. The monoisotopic (exact) mass is 336 g/mol. The molecule has 0 fully saturated rings. The van der Waals surface area contributed by atoms with Crippen molar-refractivity contribution in [2.45, 2.75) is 13.5 Å². The number of benzene rings is 2. The van der Waals surface area contributed by atoms with Gasteiger partial charge in [-0.2, -0.15) is 0 Å². The average Bonchev–Trinajstić information content (AvgIpc) is 2.59. The molecule has 7 nitrogen and oxygen atoms in total. The number of para-hydroxylation sites is 2. The maximum absolute atomic E-state index is 12.5. The third kappa shape index (κ3) is 3.72. The Hall–Kier alpha value is -3.48. The van der Waals surface area contributed by atoms with Crippen LogP contribution in [0.1, 0.15) is 5.82 Å². The molecule has 2 N–H and O–H groups in total. The third-order valence-electron chi connectivity index (χ3n) is 3.64. The lowest BCUT2D eigenvalue weighted by Gasteiger charge is -2.11. The first-order valence-electron chi connectivity index (χ1n) is 7.66. The summed E-state index contributed by atoms with van der Waals surface area (Å²) < 4.78 is 1.24. The molecule has 0 saturated carbocycles. The van der Waals surface area contributed by atoms with Crippen molar-refractivity contribution < 1.29 is 9.59 Å². The fourth-order valence-corrected chi connectivity index (χ4v) is 2.46. The van der Waals surface area contributed by atoms with Crippen molar-refractivity contribution in [3.63, 3.8) is 0 Å². The van der Waals surface area contributed by atoms with Gasteiger partial charge in [0.15, 0.2) is 0 Å². The van der Waals surface area contributed by atoms with E-state index in [9.17, 15) is 14.4 Å². The SMILES string of the molecule is Cc1nc2ccccc2c(=O)n1CC(=O)NC(=O)Nc1ccccc1. The number of hydrogen-bond acceptors (Lipinski definition) is 4. The molecule has 3 amide bonds. The van der Waals surface area contributed by atoms with Crippen LogP contribution in [0.2, 0.25) is 0 Å². The van der Waals surface area contributed by atoms with Crippen LogP contribution < -0.4 is 16.2 Å². The third-order valence-corrected chi connectivity index (χ3v) is 3.64. The number of aromatic nitrogens is 2. The summed E-state index contributed by atoms with van der Waals surface area (Å²) in [5.41, 5.74) is 0.818. The van der Waals surface area contributed by atoms with Gasteiger partial charge in [0, 0.05) is 5.69 Å². The zero-order valence-corrected chi connectivity index (χ0v) is 13.5. The Morgan fingerprint density at radius 1 is 1.04 bits per heavy atom. The molecule has 3 rings (SSSR count). The highest BCUT2D eigenvalue weighted by atomic mass is 16.2. The summed E-state index contributed by atoms with van der Waals surface area (Å²) in [6.45, 7) is 1.36. The number of aryl methyl sites for hydroxylation is 1. The van der Waals surface area contributed by atoms with Crippen LogP contribution in [0, 0.1) is 6.92 Å². The zero-order valence-electron chi connectivity index (χ0n) is 13.5. The van der Waals surface area contributed by atoms with Crippen LogP contribution in [-0.2, 0) is 11.3 Å². The van der Waals surface area contributed by atoms with Gasteiger partial charge in [-0.05, 0) is 31.2 Å². The Bertz CT molecular complexity index is 996. The van der Waals surface area contributed by atoms with E-state index in [-0.39, 0.29) is 12.1 Å². The summed E-state index contributed by atoms with van der Waals surface area (Å²) in [7, 11) is 0. The molecule has 0 spiro atoms. The van der Waals surface area contributed by atoms with Crippen molar-refractivity contribution in [1.29, 1.82) is 0 Å². The highest BCUT2D eigenvalue weighted by molar-refractivity contribution is 6.01. The smallest absolute Gasteiger partial charge is 0.308 e. The number of amides is 3. The fourth-order valence-electron chi connectivity index (χ4n) is 2.46. The topological polar surface area (TPSA) is 93.1 Å². The first kappa shape index (κ1) is 16.4. The second-order valence-electron chi connectivity index (χ2n) is 5.44. The van der Waals surface area contributed by atoms with Gasteiger partial charge in [-0.3, -0.25) is 19.5 Å². The van der Waals surface area contributed by atoms with Gasteiger partial charge in [-0.1, -0.05) is 30.3 Å². The molecule has 0 atom stereocenters. The van der Waals surface area contributed by atoms with Crippen molar-refractivity contribution in [1.82, 2.24) is 14.9 Å². The lowest BCUT2D eigenvalue weighted by Crippen LogP contribution is -2.39. The van der Waals surface area contributed by atoms with E-state index < -0.39 is 11.9 Å². The second-order valence-corrected chi connectivity index (χ2v) is 5.44. The molecule has 7 heteroatoms. The Balaban J connectivity index is 1.74. The molecule has 2 aromatic carbocycles. The van der Waals surface area contributed by atoms with Gasteiger partial charge in [0.1, 0.15) is 12.4 Å². The molecule has 0 aliphatic heterocycles. The summed E-state index contributed by atoms with van der Waals surface area (Å²) in [6, 6.07) is 15.0. The summed E-state index contributed by atoms with van der Waals surface area (Å²) in [6.07, 6.45) is 0. The van der Waals surface area contributed by atoms with Crippen LogP contribution in [0.3, 0.4) is 0 Å². The van der Waals surface area contributed by atoms with Crippen molar-refractivity contribution in [2.75, 3.05) is 5.32 Å². The molecule has 1 aromatic heterocycles. The Kier molecular flexibility index (Phi) is 4.56. The lowest BCUT2D eigenvalue weighted by atomic mass is 10.2. The number of urea groups is 1. The number of anilines is 1. The Morgan fingerprint density at radius 3 is 2.48 bits per heavy atom. The van der Waals surface area contributed by atoms with Gasteiger partial charge in [0.05, 0.1) is 10.9 Å². The molecule has 0 saturated heterocycles. The van der Waals surface area contributed by atoms with E-state index in [1.54, 1.807) is 55.5 Å². The van der Waals surface area contributed by atoms with E-state index in [4.69, 9.17) is 0 Å². The molecule has 0 unspecified atom stereocenters. The minimum absolute atomic E-state index is 0.287. The number of carbonyl (C=O) groups is 2. The van der Waals surface area contributed by atoms with Crippen LogP contribution in [0.25, 0.3) is 10.9 Å². The largest absolute Gasteiger partial charge is 0.325 e. The van der Waals surface area contributed by atoms with Crippen molar-refractivity contribution >= 4 is 28.5 Å². The molecular formula is C18H16N4O3. The van der Waals surface area contributed by atoms with E-state index in [0.717, 1.165) is 0 Å². The molecule has 0 bridgehead atoms. The standard InChI is InChI=1S/C18H16N4O3/c1-12-19-15-10-6-5-9-14(15)17(24)22(12)11-16(23)21-18(25)20-13-7-3-2-4-8-13/h2-10H,11H2,1H3,(H2,20,21,23,25). The predicted octanol–water partition coefficient (Wildman–Crippen LogP) is 2.05. The van der Waals surface area contributed by atoms with Gasteiger partial charge in [0.2, 0.25) is 5.91 Å². The van der Waals surface area contributed by atoms with Crippen LogP contribution in [0.4, 0.5) is 10.5 Å². The van der Waals surface area contributed by atoms with Gasteiger partial charge in [-0.15, -0.1) is 0 Å². The van der Waals surface area contributed by atoms with Crippen LogP contribution >= 0.6 is 0 Å². The first-order chi connectivity index (χ1) is 12.0. The van der Waals surface area contributed by atoms with Gasteiger partial charge < -0.3 is 5.32 Å². The molecule has 0 radical (unpaired) electrons. The van der Waals surface area contributed by atoms with E-state index in [2.05, 4.69) is 15.6 Å². The predicted molar refractivity (Wildman–Crippen MR) is 94.3 cm³/mol. The van der Waals surface area contributed by atoms with Crippen LogP contribution in [-0.4, -0.2) is 21.5 Å². The van der Waals surface area contributed by atoms with Crippen molar-refractivity contribution in [3.05, 3.63) is 70.8 Å². The highest BCUT2D eigenvalue weighted by Gasteiger charge is 2.13. The minimum Gasteiger partial charge on any atom is -0.308 e. The quantitative estimate of drug-likeness (QED) is 0.765. The zero-order chi connectivity index (χ0) is 17.8. The molecular weight excluding hydrogens is 320 g/mol. The molecule has 0 aliphatic rings. The fraction of sp³-hybridized carbons (Fsp3) is 0.111. The number of imide groups is 1. The number of hydrogen-bond donors (Lipinski definition) is 2. The molecule has 0 aliphatic carbocycles. The summed E-state index contributed by atoms with van der Waals surface area (Å²) in [4.78, 5) is 40.8. The van der Waals surface area contributed by atoms with E-state index >= 15 is 0 Å². The normalized spacial score (nSPS) is 10.4. The van der Waals surface area contributed by atoms with Crippen LogP contribution in [0.5, 0.6) is 0 Å². The number of nitrogens with zero attached hydrogens (tertiary/aromatic N) is 2. The maximum Gasteiger partial charge on any atom is 0.325 e. The Labute approximate surface area is 143 Å². The van der Waals surface area contributed by atoms with E-state index in [0.29, 0.717) is 22.4 Å². The molecule has 3 aromatic rings. The number of fused-ring (bicyclic) bond motifs is 1. The van der Waals surface area contributed by atoms with Gasteiger partial charge in [0.25, 0.3) is 5.56 Å². The van der Waals surface area contributed by atoms with Gasteiger partial charge >= 0.3 is 6.03 Å². The van der Waals surface area contributed by atoms with Gasteiger partial charge in [-0.25, -0.2) is 9.78 Å². The molecule has 1 heterocycles. The molecule has 126 valence electrons. The first-order valence-corrected chi connectivity index (χ1v) is 7.66. The van der Waals surface area contributed by atoms with E-state index in [1.165, 1.54) is 4.57 Å². The summed E-state index contributed by atoms with van der Waals surface area (Å²) in [5.74, 6) is -0.196. The maximum atomic E-state index is 12.5. The Morgan fingerprint density at radius 2 is 1.72 bits per heavy atom. The van der Waals surface area contributed by atoms with Crippen molar-refractivity contribution in [3.8, 4) is 0 Å². The number of carbonyl (C=O) groups excluding carboxylic acids is 2. The summed E-state index contributed by atoms with van der Waals surface area (Å²) in [5, 5.41) is 5.17. The number of nitrogens with one attached hydrogen (secondary N) is 2. The number of rotatable bonds is 3.